The number of aromatic nitrogens is 2. The predicted molar refractivity (Wildman–Crippen MR) is 130 cm³/mol. The predicted octanol–water partition coefficient (Wildman–Crippen LogP) is 4.67. The Balaban J connectivity index is 1.47. The molecule has 2 aromatic heterocycles. The van der Waals surface area contributed by atoms with Crippen molar-refractivity contribution < 1.29 is 13.9 Å². The Morgan fingerprint density at radius 2 is 2.06 bits per heavy atom. The Kier molecular flexibility index (Phi) is 5.95. The first-order chi connectivity index (χ1) is 16.0. The fraction of sp³-hybridized carbons (Fsp3) is 0.320. The minimum Gasteiger partial charge on any atom is -0.448 e. The lowest BCUT2D eigenvalue weighted by Gasteiger charge is -2.15. The molecule has 7 nitrogen and oxygen atoms in total. The number of ether oxygens (including phenoxy) is 1. The SMILES string of the molecule is Cc1cccc(NC(=O)CSc2nc3c(oc4ccccc43)c(=O)n2C[C@H]2CCCO2)c1C. The third-order valence-corrected chi connectivity index (χ3v) is 7.04. The molecule has 1 fully saturated rings. The van der Waals surface area contributed by atoms with Crippen LogP contribution >= 0.6 is 11.8 Å². The van der Waals surface area contributed by atoms with Crippen molar-refractivity contribution in [3.63, 3.8) is 0 Å². The van der Waals surface area contributed by atoms with Crippen molar-refractivity contribution in [2.24, 2.45) is 0 Å². The van der Waals surface area contributed by atoms with E-state index in [-0.39, 0.29) is 28.9 Å². The van der Waals surface area contributed by atoms with Crippen molar-refractivity contribution in [1.29, 1.82) is 0 Å². The van der Waals surface area contributed by atoms with Gasteiger partial charge in [0.15, 0.2) is 5.16 Å². The van der Waals surface area contributed by atoms with Crippen LogP contribution in [0.4, 0.5) is 5.69 Å². The lowest BCUT2D eigenvalue weighted by atomic mass is 10.1. The summed E-state index contributed by atoms with van der Waals surface area (Å²) in [6.07, 6.45) is 1.82. The Bertz CT molecular complexity index is 1400. The van der Waals surface area contributed by atoms with Gasteiger partial charge in [-0.25, -0.2) is 4.98 Å². The first-order valence-corrected chi connectivity index (χ1v) is 12.0. The fourth-order valence-corrected chi connectivity index (χ4v) is 4.92. The summed E-state index contributed by atoms with van der Waals surface area (Å²) in [6, 6.07) is 13.3. The van der Waals surface area contributed by atoms with E-state index in [2.05, 4.69) is 5.32 Å². The molecule has 33 heavy (non-hydrogen) atoms. The van der Waals surface area contributed by atoms with Crippen LogP contribution in [0.1, 0.15) is 24.0 Å². The number of fused-ring (bicyclic) bond motifs is 3. The lowest BCUT2D eigenvalue weighted by Crippen LogP contribution is -2.29. The first kappa shape index (κ1) is 21.7. The molecule has 170 valence electrons. The van der Waals surface area contributed by atoms with Crippen LogP contribution in [0.5, 0.6) is 0 Å². The molecule has 0 spiro atoms. The molecule has 2 aromatic carbocycles. The molecule has 0 radical (unpaired) electrons. The van der Waals surface area contributed by atoms with Crippen LogP contribution in [0, 0.1) is 13.8 Å². The molecular weight excluding hydrogens is 438 g/mol. The lowest BCUT2D eigenvalue weighted by molar-refractivity contribution is -0.113. The standard InChI is InChI=1S/C25H25N3O4S/c1-15-7-5-10-19(16(15)2)26-21(29)14-33-25-27-22-18-9-3-4-11-20(18)32-23(22)24(30)28(25)13-17-8-6-12-31-17/h3-5,7,9-11,17H,6,8,12-14H2,1-2H3,(H,26,29)/t17-/m1/s1. The van der Waals surface area contributed by atoms with Gasteiger partial charge in [-0.1, -0.05) is 36.0 Å². The van der Waals surface area contributed by atoms with E-state index in [0.717, 1.165) is 35.0 Å². The number of thioether (sulfide) groups is 1. The Morgan fingerprint density at radius 3 is 2.88 bits per heavy atom. The van der Waals surface area contributed by atoms with Crippen LogP contribution in [0.3, 0.4) is 0 Å². The second-order valence-corrected chi connectivity index (χ2v) is 9.25. The topological polar surface area (TPSA) is 86.4 Å². The van der Waals surface area contributed by atoms with E-state index in [1.165, 1.54) is 11.8 Å². The highest BCUT2D eigenvalue weighted by atomic mass is 32.2. The summed E-state index contributed by atoms with van der Waals surface area (Å²) < 4.78 is 13.2. The average Bonchev–Trinajstić information content (AvgIpc) is 3.46. The normalized spacial score (nSPS) is 16.0. The second kappa shape index (κ2) is 9.03. The molecule has 1 saturated heterocycles. The average molecular weight is 464 g/mol. The Labute approximate surface area is 195 Å². The van der Waals surface area contributed by atoms with Crippen molar-refractivity contribution >= 4 is 45.4 Å². The number of hydrogen-bond acceptors (Lipinski definition) is 6. The molecule has 1 N–H and O–H groups in total. The number of para-hydroxylation sites is 1. The number of rotatable bonds is 6. The summed E-state index contributed by atoms with van der Waals surface area (Å²) in [5.74, 6) is -0.0177. The van der Waals surface area contributed by atoms with Crippen molar-refractivity contribution in [2.75, 3.05) is 17.7 Å². The van der Waals surface area contributed by atoms with Crippen LogP contribution < -0.4 is 10.9 Å². The van der Waals surface area contributed by atoms with Gasteiger partial charge in [0.2, 0.25) is 11.5 Å². The molecule has 0 unspecified atom stereocenters. The van der Waals surface area contributed by atoms with Crippen LogP contribution in [-0.2, 0) is 16.1 Å². The maximum Gasteiger partial charge on any atom is 0.297 e. The van der Waals surface area contributed by atoms with Crippen LogP contribution in [-0.4, -0.2) is 33.9 Å². The van der Waals surface area contributed by atoms with Gasteiger partial charge in [0.25, 0.3) is 5.56 Å². The smallest absolute Gasteiger partial charge is 0.297 e. The second-order valence-electron chi connectivity index (χ2n) is 8.31. The van der Waals surface area contributed by atoms with Gasteiger partial charge in [0, 0.05) is 17.7 Å². The van der Waals surface area contributed by atoms with E-state index in [9.17, 15) is 9.59 Å². The Morgan fingerprint density at radius 1 is 1.21 bits per heavy atom. The van der Waals surface area contributed by atoms with Crippen LogP contribution in [0.15, 0.2) is 56.8 Å². The maximum atomic E-state index is 13.4. The first-order valence-electron chi connectivity index (χ1n) is 11.0. The molecule has 4 aromatic rings. The number of aryl methyl sites for hydroxylation is 1. The van der Waals surface area contributed by atoms with Crippen LogP contribution in [0.2, 0.25) is 0 Å². The van der Waals surface area contributed by atoms with E-state index < -0.39 is 0 Å². The highest BCUT2D eigenvalue weighted by Crippen LogP contribution is 2.28. The third kappa shape index (κ3) is 4.28. The zero-order chi connectivity index (χ0) is 22.9. The van der Waals surface area contributed by atoms with Gasteiger partial charge in [-0.2, -0.15) is 0 Å². The van der Waals surface area contributed by atoms with E-state index in [1.807, 2.05) is 56.3 Å². The zero-order valence-corrected chi connectivity index (χ0v) is 19.4. The van der Waals surface area contributed by atoms with Gasteiger partial charge >= 0.3 is 0 Å². The molecule has 5 rings (SSSR count). The molecule has 1 aliphatic rings. The van der Waals surface area contributed by atoms with Crippen molar-refractivity contribution in [2.45, 2.75) is 44.5 Å². The Hall–Kier alpha value is -3.10. The van der Waals surface area contributed by atoms with Gasteiger partial charge < -0.3 is 14.5 Å². The molecular formula is C25H25N3O4S. The summed E-state index contributed by atoms with van der Waals surface area (Å²) >= 11 is 1.25. The van der Waals surface area contributed by atoms with E-state index in [4.69, 9.17) is 14.1 Å². The molecule has 0 saturated carbocycles. The molecule has 3 heterocycles. The number of nitrogens with zero attached hydrogens (tertiary/aromatic N) is 2. The van der Waals surface area contributed by atoms with E-state index in [0.29, 0.717) is 29.4 Å². The summed E-state index contributed by atoms with van der Waals surface area (Å²) in [7, 11) is 0. The number of amides is 1. The van der Waals surface area contributed by atoms with Gasteiger partial charge in [0.1, 0.15) is 11.1 Å². The van der Waals surface area contributed by atoms with E-state index in [1.54, 1.807) is 4.57 Å². The number of nitrogens with one attached hydrogen (secondary N) is 1. The van der Waals surface area contributed by atoms with E-state index >= 15 is 0 Å². The molecule has 0 aliphatic carbocycles. The van der Waals surface area contributed by atoms with Crippen LogP contribution in [0.25, 0.3) is 22.1 Å². The number of furan rings is 1. The molecule has 0 bridgehead atoms. The number of carbonyl (C=O) groups is 1. The van der Waals surface area contributed by atoms with Gasteiger partial charge in [-0.15, -0.1) is 0 Å². The number of anilines is 1. The number of benzene rings is 2. The minimum absolute atomic E-state index is 0.0468. The molecule has 8 heteroatoms. The maximum absolute atomic E-state index is 13.4. The molecule has 1 aliphatic heterocycles. The monoisotopic (exact) mass is 463 g/mol. The molecule has 1 atom stereocenters. The van der Waals surface area contributed by atoms with Crippen molar-refractivity contribution in [3.8, 4) is 0 Å². The van der Waals surface area contributed by atoms with Crippen molar-refractivity contribution in [3.05, 3.63) is 63.9 Å². The summed E-state index contributed by atoms with van der Waals surface area (Å²) in [6.45, 7) is 5.08. The van der Waals surface area contributed by atoms with Gasteiger partial charge in [0.05, 0.1) is 18.4 Å². The quantitative estimate of drug-likeness (QED) is 0.330. The zero-order valence-electron chi connectivity index (χ0n) is 18.6. The number of hydrogen-bond donors (Lipinski definition) is 1. The summed E-state index contributed by atoms with van der Waals surface area (Å²) in [4.78, 5) is 30.9. The largest absolute Gasteiger partial charge is 0.448 e. The van der Waals surface area contributed by atoms with Gasteiger partial charge in [-0.3, -0.25) is 14.2 Å². The minimum atomic E-state index is -0.246. The number of carbonyl (C=O) groups excluding carboxylic acids is 1. The highest BCUT2D eigenvalue weighted by Gasteiger charge is 2.23. The van der Waals surface area contributed by atoms with Gasteiger partial charge in [-0.05, 0) is 56.0 Å². The summed E-state index contributed by atoms with van der Waals surface area (Å²) in [5.41, 5.74) is 4.08. The fourth-order valence-electron chi connectivity index (χ4n) is 4.12. The van der Waals surface area contributed by atoms with Crippen molar-refractivity contribution in [1.82, 2.24) is 9.55 Å². The summed E-state index contributed by atoms with van der Waals surface area (Å²) in [5, 5.41) is 4.25. The molecule has 1 amide bonds. The highest BCUT2D eigenvalue weighted by molar-refractivity contribution is 7.99. The third-order valence-electron chi connectivity index (χ3n) is 6.07.